The highest BCUT2D eigenvalue weighted by atomic mass is 35.5. The normalized spacial score (nSPS) is 11.7. The number of esters is 1. The Hall–Kier alpha value is -1.02. The Balaban J connectivity index is 3.19. The van der Waals surface area contributed by atoms with Gasteiger partial charge in [0, 0.05) is 6.54 Å². The van der Waals surface area contributed by atoms with E-state index in [0.29, 0.717) is 0 Å². The summed E-state index contributed by atoms with van der Waals surface area (Å²) in [6.45, 7) is 3.10. The first kappa shape index (κ1) is 18.0. The molecule has 0 unspecified atom stereocenters. The number of anilines is 1. The minimum atomic E-state index is -3.97. The Morgan fingerprint density at radius 1 is 1.33 bits per heavy atom. The first-order chi connectivity index (χ1) is 9.75. The van der Waals surface area contributed by atoms with Crippen molar-refractivity contribution in [2.24, 2.45) is 0 Å². The van der Waals surface area contributed by atoms with Crippen molar-refractivity contribution in [1.29, 1.82) is 0 Å². The first-order valence-electron chi connectivity index (χ1n) is 6.14. The Morgan fingerprint density at radius 3 is 2.48 bits per heavy atom. The van der Waals surface area contributed by atoms with Crippen LogP contribution in [0.25, 0.3) is 0 Å². The van der Waals surface area contributed by atoms with Crippen molar-refractivity contribution in [2.45, 2.75) is 18.7 Å². The Bertz CT molecular complexity index is 634. The maximum atomic E-state index is 12.5. The Labute approximate surface area is 133 Å². The second-order valence-electron chi connectivity index (χ2n) is 4.01. The van der Waals surface area contributed by atoms with Gasteiger partial charge >= 0.3 is 5.97 Å². The standard InChI is InChI=1S/C12H16Cl2N2O4S/c1-3-16(7-10(17)20-4-2)21(18,19)9-6-5-8(13)12(15)11(9)14/h5-6H,3-4,7,15H2,1-2H3. The molecule has 0 amide bonds. The van der Waals surface area contributed by atoms with E-state index >= 15 is 0 Å². The molecule has 0 fully saturated rings. The van der Waals surface area contributed by atoms with Crippen molar-refractivity contribution in [3.05, 3.63) is 22.2 Å². The number of halogens is 2. The third kappa shape index (κ3) is 4.00. The zero-order valence-corrected chi connectivity index (χ0v) is 13.9. The van der Waals surface area contributed by atoms with Gasteiger partial charge in [0.1, 0.15) is 11.4 Å². The summed E-state index contributed by atoms with van der Waals surface area (Å²) in [6, 6.07) is 2.60. The van der Waals surface area contributed by atoms with Gasteiger partial charge in [0.15, 0.2) is 0 Å². The third-order valence-electron chi connectivity index (χ3n) is 2.67. The number of nitrogen functional groups attached to an aromatic ring is 1. The molecule has 0 bridgehead atoms. The maximum absolute atomic E-state index is 12.5. The van der Waals surface area contributed by atoms with Gasteiger partial charge < -0.3 is 10.5 Å². The highest BCUT2D eigenvalue weighted by molar-refractivity contribution is 7.89. The highest BCUT2D eigenvalue weighted by Gasteiger charge is 2.29. The Morgan fingerprint density at radius 2 is 1.95 bits per heavy atom. The van der Waals surface area contributed by atoms with Crippen LogP contribution in [0, 0.1) is 0 Å². The molecular weight excluding hydrogens is 339 g/mol. The second-order valence-corrected chi connectivity index (χ2v) is 6.70. The van der Waals surface area contributed by atoms with Gasteiger partial charge in [0.25, 0.3) is 0 Å². The fourth-order valence-corrected chi connectivity index (χ4v) is 3.74. The minimum Gasteiger partial charge on any atom is -0.465 e. The summed E-state index contributed by atoms with van der Waals surface area (Å²) >= 11 is 11.7. The van der Waals surface area contributed by atoms with Crippen LogP contribution in [-0.2, 0) is 19.6 Å². The van der Waals surface area contributed by atoms with Crippen LogP contribution in [-0.4, -0.2) is 38.4 Å². The van der Waals surface area contributed by atoms with E-state index in [0.717, 1.165) is 4.31 Å². The molecular formula is C12H16Cl2N2O4S. The molecule has 118 valence electrons. The molecule has 0 saturated carbocycles. The SMILES string of the molecule is CCOC(=O)CN(CC)S(=O)(=O)c1ccc(Cl)c(N)c1Cl. The topological polar surface area (TPSA) is 89.7 Å². The molecule has 0 spiro atoms. The van der Waals surface area contributed by atoms with Gasteiger partial charge in [-0.25, -0.2) is 8.42 Å². The molecule has 0 aromatic heterocycles. The summed E-state index contributed by atoms with van der Waals surface area (Å²) < 4.78 is 30.8. The molecule has 9 heteroatoms. The smallest absolute Gasteiger partial charge is 0.321 e. The monoisotopic (exact) mass is 354 g/mol. The summed E-state index contributed by atoms with van der Waals surface area (Å²) in [6.07, 6.45) is 0. The van der Waals surface area contributed by atoms with E-state index in [1.165, 1.54) is 12.1 Å². The molecule has 1 aromatic rings. The zero-order valence-electron chi connectivity index (χ0n) is 11.6. The molecule has 0 saturated heterocycles. The van der Waals surface area contributed by atoms with E-state index in [9.17, 15) is 13.2 Å². The fraction of sp³-hybridized carbons (Fsp3) is 0.417. The average Bonchev–Trinajstić information content (AvgIpc) is 2.42. The summed E-state index contributed by atoms with van der Waals surface area (Å²) in [5, 5.41) is -0.00259. The van der Waals surface area contributed by atoms with Crippen molar-refractivity contribution in [2.75, 3.05) is 25.4 Å². The van der Waals surface area contributed by atoms with Crippen LogP contribution in [0.3, 0.4) is 0 Å². The van der Waals surface area contributed by atoms with E-state index in [1.807, 2.05) is 0 Å². The van der Waals surface area contributed by atoms with Crippen LogP contribution in [0.2, 0.25) is 10.0 Å². The van der Waals surface area contributed by atoms with Crippen molar-refractivity contribution < 1.29 is 17.9 Å². The van der Waals surface area contributed by atoms with E-state index in [1.54, 1.807) is 13.8 Å². The van der Waals surface area contributed by atoms with Crippen molar-refractivity contribution in [3.63, 3.8) is 0 Å². The van der Waals surface area contributed by atoms with Gasteiger partial charge in [-0.3, -0.25) is 4.79 Å². The van der Waals surface area contributed by atoms with Crippen LogP contribution in [0.1, 0.15) is 13.8 Å². The van der Waals surface area contributed by atoms with Crippen LogP contribution in [0.15, 0.2) is 17.0 Å². The van der Waals surface area contributed by atoms with Gasteiger partial charge in [0.2, 0.25) is 10.0 Å². The molecule has 0 heterocycles. The van der Waals surface area contributed by atoms with Crippen LogP contribution >= 0.6 is 23.2 Å². The number of likely N-dealkylation sites (N-methyl/N-ethyl adjacent to an activating group) is 1. The summed E-state index contributed by atoms with van der Waals surface area (Å²) in [5.41, 5.74) is 5.61. The predicted octanol–water partition coefficient (Wildman–Crippen LogP) is 2.15. The first-order valence-corrected chi connectivity index (χ1v) is 8.34. The lowest BCUT2D eigenvalue weighted by Crippen LogP contribution is -2.36. The van der Waals surface area contributed by atoms with Gasteiger partial charge in [-0.15, -0.1) is 0 Å². The average molecular weight is 355 g/mol. The number of nitrogens with two attached hydrogens (primary N) is 1. The number of benzene rings is 1. The molecule has 0 aliphatic rings. The number of ether oxygens (including phenoxy) is 1. The number of hydrogen-bond acceptors (Lipinski definition) is 5. The third-order valence-corrected chi connectivity index (χ3v) is 5.48. The van der Waals surface area contributed by atoms with Gasteiger partial charge in [-0.05, 0) is 19.1 Å². The molecule has 1 rings (SSSR count). The number of nitrogens with zero attached hydrogens (tertiary/aromatic N) is 1. The Kier molecular flexibility index (Phi) is 6.27. The minimum absolute atomic E-state index is 0.0217. The van der Waals surface area contributed by atoms with Crippen molar-refractivity contribution in [3.8, 4) is 0 Å². The fourth-order valence-electron chi connectivity index (χ4n) is 1.61. The van der Waals surface area contributed by atoms with Crippen LogP contribution < -0.4 is 5.73 Å². The largest absolute Gasteiger partial charge is 0.465 e. The lowest BCUT2D eigenvalue weighted by molar-refractivity contribution is -0.143. The van der Waals surface area contributed by atoms with Gasteiger partial charge in [-0.2, -0.15) is 4.31 Å². The quantitative estimate of drug-likeness (QED) is 0.624. The predicted molar refractivity (Wildman–Crippen MR) is 81.9 cm³/mol. The molecule has 0 aliphatic heterocycles. The molecule has 0 atom stereocenters. The van der Waals surface area contributed by atoms with Crippen molar-refractivity contribution >= 4 is 44.9 Å². The lowest BCUT2D eigenvalue weighted by atomic mass is 10.3. The van der Waals surface area contributed by atoms with Gasteiger partial charge in [-0.1, -0.05) is 30.1 Å². The van der Waals surface area contributed by atoms with Gasteiger partial charge in [0.05, 0.1) is 22.3 Å². The van der Waals surface area contributed by atoms with Crippen LogP contribution in [0.5, 0.6) is 0 Å². The molecule has 2 N–H and O–H groups in total. The van der Waals surface area contributed by atoms with E-state index in [4.69, 9.17) is 33.7 Å². The van der Waals surface area contributed by atoms with Crippen LogP contribution in [0.4, 0.5) is 5.69 Å². The number of carbonyl (C=O) groups is 1. The summed E-state index contributed by atoms with van der Waals surface area (Å²) in [7, 11) is -3.97. The maximum Gasteiger partial charge on any atom is 0.321 e. The summed E-state index contributed by atoms with van der Waals surface area (Å²) in [4.78, 5) is 11.3. The zero-order chi connectivity index (χ0) is 16.2. The summed E-state index contributed by atoms with van der Waals surface area (Å²) in [5.74, 6) is -0.638. The molecule has 6 nitrogen and oxygen atoms in total. The molecule has 1 aromatic carbocycles. The molecule has 21 heavy (non-hydrogen) atoms. The number of hydrogen-bond donors (Lipinski definition) is 1. The highest BCUT2D eigenvalue weighted by Crippen LogP contribution is 2.34. The van der Waals surface area contributed by atoms with E-state index in [2.05, 4.69) is 0 Å². The number of sulfonamides is 1. The second kappa shape index (κ2) is 7.31. The lowest BCUT2D eigenvalue weighted by Gasteiger charge is -2.20. The van der Waals surface area contributed by atoms with Crippen molar-refractivity contribution in [1.82, 2.24) is 4.31 Å². The van der Waals surface area contributed by atoms with E-state index < -0.39 is 22.5 Å². The molecule has 0 aliphatic carbocycles. The van der Waals surface area contributed by atoms with E-state index in [-0.39, 0.29) is 33.8 Å². The number of carbonyl (C=O) groups excluding carboxylic acids is 1. The molecule has 0 radical (unpaired) electrons. The number of rotatable bonds is 6.